The number of Topliss-reactive ketones (excluding diaryl/α,β-unsaturated/α-hetero) is 1. The molecule has 0 bridgehead atoms. The summed E-state index contributed by atoms with van der Waals surface area (Å²) in [6.45, 7) is 10.5. The molecule has 2 aromatic heterocycles. The number of rotatable bonds is 8. The first kappa shape index (κ1) is 24.8. The lowest BCUT2D eigenvalue weighted by molar-refractivity contribution is -0.125. The summed E-state index contributed by atoms with van der Waals surface area (Å²) in [7, 11) is 0. The Labute approximate surface area is 206 Å². The fourth-order valence-corrected chi connectivity index (χ4v) is 4.85. The van der Waals surface area contributed by atoms with Gasteiger partial charge < -0.3 is 9.84 Å². The molecule has 0 unspecified atom stereocenters. The number of nitrogens with zero attached hydrogens (tertiary/aromatic N) is 3. The third-order valence-corrected chi connectivity index (χ3v) is 6.96. The zero-order valence-electron chi connectivity index (χ0n) is 21.3. The van der Waals surface area contributed by atoms with E-state index in [1.165, 1.54) is 11.1 Å². The number of aryl methyl sites for hydroxylation is 2. The van der Waals surface area contributed by atoms with E-state index in [0.29, 0.717) is 31.0 Å². The zero-order valence-corrected chi connectivity index (χ0v) is 21.3. The molecule has 35 heavy (non-hydrogen) atoms. The van der Waals surface area contributed by atoms with Gasteiger partial charge in [0.05, 0.1) is 12.1 Å². The molecule has 7 heteroatoms. The molecule has 2 heterocycles. The van der Waals surface area contributed by atoms with E-state index in [0.717, 1.165) is 47.1 Å². The van der Waals surface area contributed by atoms with E-state index in [2.05, 4.69) is 29.3 Å². The number of aromatic nitrogens is 3. The maximum atomic E-state index is 12.1. The van der Waals surface area contributed by atoms with Crippen molar-refractivity contribution in [1.29, 1.82) is 0 Å². The summed E-state index contributed by atoms with van der Waals surface area (Å²) in [5, 5.41) is 6.96. The summed E-state index contributed by atoms with van der Waals surface area (Å²) in [6.07, 6.45) is 8.26. The number of fused-ring (bicyclic) bond motifs is 1. The second kappa shape index (κ2) is 10.1. The molecule has 1 aromatic carbocycles. The summed E-state index contributed by atoms with van der Waals surface area (Å²) in [5.74, 6) is 0.968. The molecule has 0 atom stereocenters. The highest BCUT2D eigenvalue weighted by Crippen LogP contribution is 2.38. The molecule has 184 valence electrons. The van der Waals surface area contributed by atoms with Crippen molar-refractivity contribution >= 4 is 11.7 Å². The summed E-state index contributed by atoms with van der Waals surface area (Å²) in [4.78, 5) is 32.7. The number of pyridine rings is 1. The molecule has 0 spiro atoms. The number of hydrogen-bond acceptors (Lipinski definition) is 6. The van der Waals surface area contributed by atoms with Gasteiger partial charge in [0.25, 0.3) is 5.89 Å². The minimum absolute atomic E-state index is 0.0326. The Morgan fingerprint density at radius 1 is 1.14 bits per heavy atom. The van der Waals surface area contributed by atoms with Gasteiger partial charge in [-0.3, -0.25) is 14.6 Å². The Kier molecular flexibility index (Phi) is 7.15. The second-order valence-electron chi connectivity index (χ2n) is 10.3. The van der Waals surface area contributed by atoms with Crippen LogP contribution >= 0.6 is 0 Å². The molecule has 3 aromatic rings. The number of benzene rings is 1. The average molecular weight is 475 g/mol. The first-order chi connectivity index (χ1) is 16.7. The van der Waals surface area contributed by atoms with Crippen molar-refractivity contribution in [3.8, 4) is 22.8 Å². The average Bonchev–Trinajstić information content (AvgIpc) is 3.31. The van der Waals surface area contributed by atoms with Crippen LogP contribution in [0.25, 0.3) is 22.8 Å². The monoisotopic (exact) mass is 474 g/mol. The van der Waals surface area contributed by atoms with E-state index >= 15 is 0 Å². The van der Waals surface area contributed by atoms with Crippen molar-refractivity contribution in [2.24, 2.45) is 5.41 Å². The molecular formula is C28H34N4O3. The number of nitrogens with one attached hydrogen (secondary N) is 1. The van der Waals surface area contributed by atoms with Crippen molar-refractivity contribution in [3.05, 3.63) is 52.3 Å². The molecular weight excluding hydrogens is 440 g/mol. The molecule has 0 radical (unpaired) electrons. The quantitative estimate of drug-likeness (QED) is 0.496. The Morgan fingerprint density at radius 2 is 1.89 bits per heavy atom. The van der Waals surface area contributed by atoms with E-state index < -0.39 is 0 Å². The first-order valence-electron chi connectivity index (χ1n) is 12.4. The maximum Gasteiger partial charge on any atom is 0.260 e. The van der Waals surface area contributed by atoms with Gasteiger partial charge in [0.15, 0.2) is 5.78 Å². The highest BCUT2D eigenvalue weighted by atomic mass is 16.5. The van der Waals surface area contributed by atoms with Crippen molar-refractivity contribution in [2.75, 3.05) is 6.54 Å². The van der Waals surface area contributed by atoms with Gasteiger partial charge in [-0.1, -0.05) is 25.9 Å². The number of ketones is 1. The van der Waals surface area contributed by atoms with E-state index in [4.69, 9.17) is 9.51 Å². The lowest BCUT2D eigenvalue weighted by atomic mass is 9.74. The largest absolute Gasteiger partial charge is 0.349 e. The summed E-state index contributed by atoms with van der Waals surface area (Å²) in [6, 6.07) is 4.08. The SMILES string of the molecule is CCC(=O)CNC(=O)CCc1c(C)cc(-c2noc(-c3cncc4c3CCC(C)(C)C4)n2)cc1C. The predicted molar refractivity (Wildman–Crippen MR) is 135 cm³/mol. The van der Waals surface area contributed by atoms with Gasteiger partial charge >= 0.3 is 0 Å². The minimum Gasteiger partial charge on any atom is -0.349 e. The Morgan fingerprint density at radius 3 is 2.60 bits per heavy atom. The van der Waals surface area contributed by atoms with Crippen LogP contribution in [-0.2, 0) is 28.9 Å². The molecule has 0 saturated carbocycles. The van der Waals surface area contributed by atoms with Crippen LogP contribution in [0.1, 0.15) is 67.9 Å². The number of carbonyl (C=O) groups excluding carboxylic acids is 2. The second-order valence-corrected chi connectivity index (χ2v) is 10.3. The van der Waals surface area contributed by atoms with Crippen LogP contribution in [0.2, 0.25) is 0 Å². The van der Waals surface area contributed by atoms with E-state index in [-0.39, 0.29) is 23.7 Å². The van der Waals surface area contributed by atoms with E-state index in [9.17, 15) is 9.59 Å². The van der Waals surface area contributed by atoms with Crippen molar-refractivity contribution in [2.45, 2.75) is 73.1 Å². The van der Waals surface area contributed by atoms with Crippen molar-refractivity contribution in [3.63, 3.8) is 0 Å². The van der Waals surface area contributed by atoms with Crippen molar-refractivity contribution < 1.29 is 14.1 Å². The maximum absolute atomic E-state index is 12.1. The van der Waals surface area contributed by atoms with Gasteiger partial charge in [-0.05, 0) is 84.9 Å². The summed E-state index contributed by atoms with van der Waals surface area (Å²) < 4.78 is 5.69. The van der Waals surface area contributed by atoms with Gasteiger partial charge in [-0.2, -0.15) is 4.98 Å². The molecule has 0 aliphatic heterocycles. The van der Waals surface area contributed by atoms with Crippen LogP contribution in [-0.4, -0.2) is 33.4 Å². The summed E-state index contributed by atoms with van der Waals surface area (Å²) >= 11 is 0. The highest BCUT2D eigenvalue weighted by Gasteiger charge is 2.28. The first-order valence-corrected chi connectivity index (χ1v) is 12.4. The van der Waals surface area contributed by atoms with Gasteiger partial charge in [0.1, 0.15) is 0 Å². The molecule has 1 aliphatic rings. The third kappa shape index (κ3) is 5.66. The summed E-state index contributed by atoms with van der Waals surface area (Å²) in [5.41, 5.74) is 7.88. The zero-order chi connectivity index (χ0) is 25.2. The fourth-order valence-electron chi connectivity index (χ4n) is 4.85. The van der Waals surface area contributed by atoms with Crippen LogP contribution in [0.15, 0.2) is 29.0 Å². The normalized spacial score (nSPS) is 14.4. The van der Waals surface area contributed by atoms with Gasteiger partial charge in [-0.15, -0.1) is 0 Å². The molecule has 0 saturated heterocycles. The smallest absolute Gasteiger partial charge is 0.260 e. The molecule has 1 N–H and O–H groups in total. The molecule has 0 fully saturated rings. The van der Waals surface area contributed by atoms with Gasteiger partial charge in [0, 0.05) is 30.8 Å². The number of hydrogen-bond donors (Lipinski definition) is 1. The Balaban J connectivity index is 1.51. The topological polar surface area (TPSA) is 98.0 Å². The number of carbonyl (C=O) groups is 2. The lowest BCUT2D eigenvalue weighted by Crippen LogP contribution is -2.29. The van der Waals surface area contributed by atoms with Crippen LogP contribution in [0.3, 0.4) is 0 Å². The minimum atomic E-state index is -0.110. The van der Waals surface area contributed by atoms with E-state index in [1.54, 1.807) is 6.92 Å². The standard InChI is InChI=1S/C28H34N4O3/c1-6-21(33)15-30-25(34)8-7-22-17(2)11-19(12-18(22)3)26-31-27(35-32-26)24-16-29-14-20-13-28(4,5)10-9-23(20)24/h11-12,14,16H,6-10,13,15H2,1-5H3,(H,30,34). The Bertz CT molecular complexity index is 1240. The van der Waals surface area contributed by atoms with Crippen molar-refractivity contribution in [1.82, 2.24) is 20.4 Å². The number of amides is 1. The lowest BCUT2D eigenvalue weighted by Gasteiger charge is -2.31. The Hall–Kier alpha value is -3.35. The van der Waals surface area contributed by atoms with Gasteiger partial charge in [-0.25, -0.2) is 0 Å². The third-order valence-electron chi connectivity index (χ3n) is 6.96. The van der Waals surface area contributed by atoms with E-state index in [1.807, 2.05) is 38.4 Å². The van der Waals surface area contributed by atoms with Gasteiger partial charge in [0.2, 0.25) is 11.7 Å². The molecule has 1 amide bonds. The molecule has 7 nitrogen and oxygen atoms in total. The highest BCUT2D eigenvalue weighted by molar-refractivity contribution is 5.85. The molecule has 4 rings (SSSR count). The van der Waals surface area contributed by atoms with Crippen LogP contribution in [0, 0.1) is 19.3 Å². The molecule has 1 aliphatic carbocycles. The predicted octanol–water partition coefficient (Wildman–Crippen LogP) is 4.96. The van der Waals surface area contributed by atoms with Crippen LogP contribution in [0.4, 0.5) is 0 Å². The van der Waals surface area contributed by atoms with Crippen LogP contribution < -0.4 is 5.32 Å². The fraction of sp³-hybridized carbons (Fsp3) is 0.464. The van der Waals surface area contributed by atoms with Crippen LogP contribution in [0.5, 0.6) is 0 Å².